The van der Waals surface area contributed by atoms with Gasteiger partial charge in [0.2, 0.25) is 5.75 Å². The van der Waals surface area contributed by atoms with Crippen LogP contribution in [-0.2, 0) is 12.8 Å². The summed E-state index contributed by atoms with van der Waals surface area (Å²) in [7, 11) is 0. The third-order valence-corrected chi connectivity index (χ3v) is 2.86. The largest absolute Gasteiger partial charge is 0.504 e. The van der Waals surface area contributed by atoms with Gasteiger partial charge in [-0.05, 0) is 30.0 Å². The minimum Gasteiger partial charge on any atom is -0.504 e. The van der Waals surface area contributed by atoms with Crippen molar-refractivity contribution in [3.05, 3.63) is 53.6 Å². The minimum atomic E-state index is 0.249. The highest BCUT2D eigenvalue weighted by Gasteiger charge is 2.28. The summed E-state index contributed by atoms with van der Waals surface area (Å²) >= 11 is 0. The predicted octanol–water partition coefficient (Wildman–Crippen LogP) is 3.28. The monoisotopic (exact) mass is 212 g/mol. The van der Waals surface area contributed by atoms with Crippen molar-refractivity contribution in [2.75, 3.05) is 0 Å². The predicted molar refractivity (Wildman–Crippen MR) is 62.0 cm³/mol. The fraction of sp³-hybridized carbons (Fsp3) is 0.143. The van der Waals surface area contributed by atoms with Crippen LogP contribution in [0.2, 0.25) is 0 Å². The number of fused-ring (bicyclic) bond motifs is 1. The van der Waals surface area contributed by atoms with Gasteiger partial charge in [0.05, 0.1) is 0 Å². The van der Waals surface area contributed by atoms with E-state index >= 15 is 0 Å². The molecule has 1 aliphatic rings. The molecular weight excluding hydrogens is 200 g/mol. The van der Waals surface area contributed by atoms with Gasteiger partial charge in [0, 0.05) is 0 Å². The van der Waals surface area contributed by atoms with E-state index in [4.69, 9.17) is 4.74 Å². The Kier molecular flexibility index (Phi) is 2.07. The van der Waals surface area contributed by atoms with E-state index in [2.05, 4.69) is 24.3 Å². The van der Waals surface area contributed by atoms with E-state index in [-0.39, 0.29) is 5.75 Å². The molecule has 3 rings (SSSR count). The quantitative estimate of drug-likeness (QED) is 0.676. The van der Waals surface area contributed by atoms with Gasteiger partial charge in [-0.15, -0.1) is 0 Å². The molecule has 0 unspecified atom stereocenters. The number of hydrogen-bond donors (Lipinski definition) is 1. The second-order valence-corrected chi connectivity index (χ2v) is 3.99. The lowest BCUT2D eigenvalue weighted by Gasteiger charge is -1.99. The zero-order valence-electron chi connectivity index (χ0n) is 8.81. The molecule has 0 radical (unpaired) electrons. The molecule has 2 aromatic carbocycles. The molecule has 0 aliphatic carbocycles. The summed E-state index contributed by atoms with van der Waals surface area (Å²) in [5, 5.41) is 9.36. The van der Waals surface area contributed by atoms with E-state index in [1.165, 1.54) is 11.1 Å². The van der Waals surface area contributed by atoms with Crippen LogP contribution in [0, 0.1) is 0 Å². The van der Waals surface area contributed by atoms with Crippen molar-refractivity contribution < 1.29 is 9.84 Å². The first kappa shape index (κ1) is 9.28. The second-order valence-electron chi connectivity index (χ2n) is 3.99. The number of benzene rings is 2. The van der Waals surface area contributed by atoms with E-state index in [1.807, 2.05) is 12.1 Å². The minimum absolute atomic E-state index is 0.249. The molecule has 0 atom stereocenters. The van der Waals surface area contributed by atoms with Gasteiger partial charge in [-0.1, -0.05) is 36.4 Å². The van der Waals surface area contributed by atoms with Gasteiger partial charge in [0.25, 0.3) is 0 Å². The number of aromatic hydroxyl groups is 1. The zero-order valence-corrected chi connectivity index (χ0v) is 8.81. The molecule has 1 heterocycles. The molecule has 0 fully saturated rings. The van der Waals surface area contributed by atoms with Gasteiger partial charge in [-0.25, -0.2) is 0 Å². The van der Waals surface area contributed by atoms with Crippen LogP contribution in [0.3, 0.4) is 0 Å². The number of phenolic OH excluding ortho intramolecular Hbond substituents is 1. The maximum Gasteiger partial charge on any atom is 0.211 e. The van der Waals surface area contributed by atoms with Crippen LogP contribution in [0.25, 0.3) is 0 Å². The van der Waals surface area contributed by atoms with Crippen molar-refractivity contribution >= 4 is 0 Å². The van der Waals surface area contributed by atoms with Crippen LogP contribution in [-0.4, -0.2) is 5.11 Å². The molecule has 1 aliphatic heterocycles. The number of hydrogen-bond acceptors (Lipinski definition) is 2. The van der Waals surface area contributed by atoms with E-state index in [0.29, 0.717) is 5.75 Å². The molecule has 0 bridgehead atoms. The molecule has 16 heavy (non-hydrogen) atoms. The Morgan fingerprint density at radius 2 is 1.69 bits per heavy atom. The fourth-order valence-electron chi connectivity index (χ4n) is 1.91. The first-order valence-corrected chi connectivity index (χ1v) is 5.41. The van der Waals surface area contributed by atoms with Crippen molar-refractivity contribution in [2.45, 2.75) is 12.8 Å². The van der Waals surface area contributed by atoms with E-state index < -0.39 is 0 Å². The molecule has 0 saturated heterocycles. The molecule has 2 nitrogen and oxygen atoms in total. The number of phenols is 1. The molecule has 0 aromatic heterocycles. The van der Waals surface area contributed by atoms with Crippen LogP contribution in [0.5, 0.6) is 17.2 Å². The Morgan fingerprint density at radius 3 is 2.50 bits per heavy atom. The Balaban J connectivity index is 1.73. The maximum atomic E-state index is 9.36. The Morgan fingerprint density at radius 1 is 0.875 bits per heavy atom. The highest BCUT2D eigenvalue weighted by Crippen LogP contribution is 2.54. The summed E-state index contributed by atoms with van der Waals surface area (Å²) in [5.41, 5.74) is 2.50. The van der Waals surface area contributed by atoms with Crippen LogP contribution < -0.4 is 4.74 Å². The highest BCUT2D eigenvalue weighted by atomic mass is 16.6. The third-order valence-electron chi connectivity index (χ3n) is 2.86. The average molecular weight is 212 g/mol. The molecule has 0 amide bonds. The maximum absolute atomic E-state index is 9.36. The SMILES string of the molecule is Oc1ccc(CCc2ccccc2)c2c1O2. The van der Waals surface area contributed by atoms with Crippen LogP contribution >= 0.6 is 0 Å². The van der Waals surface area contributed by atoms with Crippen LogP contribution in [0.1, 0.15) is 11.1 Å². The lowest BCUT2D eigenvalue weighted by molar-refractivity contribution is 0.463. The third kappa shape index (κ3) is 1.63. The van der Waals surface area contributed by atoms with E-state index in [0.717, 1.165) is 18.6 Å². The van der Waals surface area contributed by atoms with Gasteiger partial charge < -0.3 is 9.84 Å². The van der Waals surface area contributed by atoms with Crippen molar-refractivity contribution in [1.29, 1.82) is 0 Å². The first-order chi connectivity index (χ1) is 7.84. The standard InChI is InChI=1S/C14H12O2/c15-12-9-8-11(13-14(12)16-13)7-6-10-4-2-1-3-5-10/h1-5,8-9,15H,6-7H2. The first-order valence-electron chi connectivity index (χ1n) is 5.41. The zero-order chi connectivity index (χ0) is 11.0. The van der Waals surface area contributed by atoms with E-state index in [9.17, 15) is 5.11 Å². The second kappa shape index (κ2) is 3.56. The highest BCUT2D eigenvalue weighted by molar-refractivity contribution is 5.66. The van der Waals surface area contributed by atoms with Crippen LogP contribution in [0.4, 0.5) is 0 Å². The average Bonchev–Trinajstić information content (AvgIpc) is 3.11. The van der Waals surface area contributed by atoms with Gasteiger partial charge in [-0.2, -0.15) is 0 Å². The van der Waals surface area contributed by atoms with Crippen molar-refractivity contribution in [1.82, 2.24) is 0 Å². The number of aryl methyl sites for hydroxylation is 2. The summed E-state index contributed by atoms with van der Waals surface area (Å²) in [6.07, 6.45) is 1.95. The van der Waals surface area contributed by atoms with Gasteiger partial charge in [0.1, 0.15) is 0 Å². The van der Waals surface area contributed by atoms with Crippen molar-refractivity contribution in [3.8, 4) is 17.2 Å². The van der Waals surface area contributed by atoms with Gasteiger partial charge >= 0.3 is 0 Å². The molecule has 0 saturated carbocycles. The van der Waals surface area contributed by atoms with Crippen molar-refractivity contribution in [3.63, 3.8) is 0 Å². The molecule has 2 aromatic rings. The molecule has 1 N–H and O–H groups in total. The van der Waals surface area contributed by atoms with Gasteiger partial charge in [-0.3, -0.25) is 0 Å². The summed E-state index contributed by atoms with van der Waals surface area (Å²) in [6, 6.07) is 14.0. The van der Waals surface area contributed by atoms with E-state index in [1.54, 1.807) is 6.07 Å². The van der Waals surface area contributed by atoms with Gasteiger partial charge in [0.15, 0.2) is 11.5 Å². The molecule has 80 valence electrons. The Labute approximate surface area is 94.1 Å². The molecule has 0 spiro atoms. The smallest absolute Gasteiger partial charge is 0.211 e. The number of ether oxygens (including phenoxy) is 1. The molecule has 2 heteroatoms. The summed E-state index contributed by atoms with van der Waals surface area (Å²) < 4.78 is 5.24. The lowest BCUT2D eigenvalue weighted by atomic mass is 10.0. The summed E-state index contributed by atoms with van der Waals surface area (Å²) in [6.45, 7) is 0. The normalized spacial score (nSPS) is 11.8. The van der Waals surface area contributed by atoms with Crippen molar-refractivity contribution in [2.24, 2.45) is 0 Å². The van der Waals surface area contributed by atoms with Crippen LogP contribution in [0.15, 0.2) is 42.5 Å². The lowest BCUT2D eigenvalue weighted by Crippen LogP contribution is -1.89. The molecular formula is C14H12O2. The Bertz CT molecular complexity index is 518. The number of rotatable bonds is 3. The fourth-order valence-corrected chi connectivity index (χ4v) is 1.91. The Hall–Kier alpha value is -1.96. The summed E-state index contributed by atoms with van der Waals surface area (Å²) in [5.74, 6) is 1.78. The summed E-state index contributed by atoms with van der Waals surface area (Å²) in [4.78, 5) is 0. The topological polar surface area (TPSA) is 32.8 Å².